The molecule has 1 saturated heterocycles. The maximum Gasteiger partial charge on any atom is 0.293 e. The smallest absolute Gasteiger partial charge is 0.293 e. The van der Waals surface area contributed by atoms with Gasteiger partial charge in [0.05, 0.1) is 22.5 Å². The minimum Gasteiger partial charge on any atom is -0.492 e. The van der Waals surface area contributed by atoms with Crippen molar-refractivity contribution >= 4 is 56.5 Å². The Balaban J connectivity index is 1.45. The van der Waals surface area contributed by atoms with E-state index in [1.165, 1.54) is 12.1 Å². The molecule has 37 heavy (non-hydrogen) atoms. The zero-order valence-corrected chi connectivity index (χ0v) is 22.9. The van der Waals surface area contributed by atoms with Crippen molar-refractivity contribution in [2.24, 2.45) is 0 Å². The van der Waals surface area contributed by atoms with Crippen LogP contribution in [0.15, 0.2) is 70.0 Å². The van der Waals surface area contributed by atoms with E-state index in [9.17, 15) is 14.0 Å². The van der Waals surface area contributed by atoms with Crippen LogP contribution in [0.2, 0.25) is 5.02 Å². The van der Waals surface area contributed by atoms with Gasteiger partial charge < -0.3 is 14.2 Å². The van der Waals surface area contributed by atoms with E-state index in [-0.39, 0.29) is 36.7 Å². The van der Waals surface area contributed by atoms with Gasteiger partial charge in [-0.25, -0.2) is 4.39 Å². The number of benzene rings is 3. The highest BCUT2D eigenvalue weighted by Crippen LogP contribution is 2.39. The van der Waals surface area contributed by atoms with E-state index in [0.29, 0.717) is 43.8 Å². The minimum absolute atomic E-state index is 0.120. The SMILES string of the molecule is CCOc1cc(/C=C2\SC(=O)N(CCOc3ccc(Cl)cc3)C2=O)cc(Br)c1OCc1ccc(F)cc1. The van der Waals surface area contributed by atoms with Crippen LogP contribution >= 0.6 is 39.3 Å². The first kappa shape index (κ1) is 27.0. The van der Waals surface area contributed by atoms with Gasteiger partial charge in [-0.15, -0.1) is 0 Å². The Morgan fingerprint density at radius 1 is 1.03 bits per heavy atom. The van der Waals surface area contributed by atoms with Crippen LogP contribution in [0.1, 0.15) is 18.1 Å². The number of ether oxygens (including phenoxy) is 3. The van der Waals surface area contributed by atoms with E-state index < -0.39 is 0 Å². The van der Waals surface area contributed by atoms with Crippen LogP contribution in [0, 0.1) is 5.82 Å². The molecule has 2 amide bonds. The predicted octanol–water partition coefficient (Wildman–Crippen LogP) is 7.33. The highest BCUT2D eigenvalue weighted by Gasteiger charge is 2.35. The van der Waals surface area contributed by atoms with Crippen LogP contribution in [-0.2, 0) is 11.4 Å². The third-order valence-corrected chi connectivity index (χ3v) is 6.95. The van der Waals surface area contributed by atoms with Gasteiger partial charge in [0.1, 0.15) is 24.8 Å². The quantitative estimate of drug-likeness (QED) is 0.225. The van der Waals surface area contributed by atoms with E-state index in [1.54, 1.807) is 54.6 Å². The number of carbonyl (C=O) groups excluding carboxylic acids is 2. The highest BCUT2D eigenvalue weighted by molar-refractivity contribution is 9.10. The van der Waals surface area contributed by atoms with Crippen LogP contribution in [0.25, 0.3) is 6.08 Å². The Bertz CT molecular complexity index is 1320. The number of hydrogen-bond acceptors (Lipinski definition) is 6. The van der Waals surface area contributed by atoms with Gasteiger partial charge in [-0.3, -0.25) is 14.5 Å². The molecule has 1 aliphatic heterocycles. The molecule has 4 rings (SSSR count). The molecule has 192 valence electrons. The summed E-state index contributed by atoms with van der Waals surface area (Å²) in [6.45, 7) is 2.74. The third kappa shape index (κ3) is 7.06. The van der Waals surface area contributed by atoms with E-state index in [0.717, 1.165) is 22.2 Å². The lowest BCUT2D eigenvalue weighted by molar-refractivity contribution is -0.123. The van der Waals surface area contributed by atoms with Gasteiger partial charge in [-0.2, -0.15) is 0 Å². The molecule has 3 aromatic carbocycles. The van der Waals surface area contributed by atoms with Crippen molar-refractivity contribution in [1.82, 2.24) is 4.90 Å². The summed E-state index contributed by atoms with van der Waals surface area (Å²) in [6.07, 6.45) is 1.64. The zero-order valence-electron chi connectivity index (χ0n) is 19.7. The summed E-state index contributed by atoms with van der Waals surface area (Å²) in [4.78, 5) is 26.8. The molecule has 0 atom stereocenters. The van der Waals surface area contributed by atoms with Crippen molar-refractivity contribution in [3.63, 3.8) is 0 Å². The van der Waals surface area contributed by atoms with Crippen molar-refractivity contribution in [2.75, 3.05) is 19.8 Å². The molecule has 1 aliphatic rings. The second-order valence-electron chi connectivity index (χ2n) is 7.81. The summed E-state index contributed by atoms with van der Waals surface area (Å²) in [5.74, 6) is 0.849. The number of carbonyl (C=O) groups is 2. The fraction of sp³-hybridized carbons (Fsp3) is 0.185. The van der Waals surface area contributed by atoms with Gasteiger partial charge in [0.2, 0.25) is 0 Å². The van der Waals surface area contributed by atoms with E-state index >= 15 is 0 Å². The predicted molar refractivity (Wildman–Crippen MR) is 146 cm³/mol. The van der Waals surface area contributed by atoms with Crippen molar-refractivity contribution in [3.8, 4) is 17.2 Å². The first-order valence-electron chi connectivity index (χ1n) is 11.3. The van der Waals surface area contributed by atoms with Crippen LogP contribution < -0.4 is 14.2 Å². The zero-order chi connectivity index (χ0) is 26.4. The fourth-order valence-corrected chi connectivity index (χ4v) is 5.01. The van der Waals surface area contributed by atoms with Gasteiger partial charge >= 0.3 is 0 Å². The van der Waals surface area contributed by atoms with Crippen LogP contribution in [0.5, 0.6) is 17.2 Å². The van der Waals surface area contributed by atoms with Crippen LogP contribution in [-0.4, -0.2) is 35.8 Å². The summed E-state index contributed by atoms with van der Waals surface area (Å²) < 4.78 is 31.1. The molecule has 0 bridgehead atoms. The molecule has 0 saturated carbocycles. The Morgan fingerprint density at radius 3 is 2.46 bits per heavy atom. The Kier molecular flexibility index (Phi) is 9.13. The monoisotopic (exact) mass is 605 g/mol. The molecule has 0 unspecified atom stereocenters. The minimum atomic E-state index is -0.388. The number of halogens is 3. The van der Waals surface area contributed by atoms with Crippen LogP contribution in [0.3, 0.4) is 0 Å². The summed E-state index contributed by atoms with van der Waals surface area (Å²) in [7, 11) is 0. The lowest BCUT2D eigenvalue weighted by atomic mass is 10.1. The largest absolute Gasteiger partial charge is 0.492 e. The number of nitrogens with zero attached hydrogens (tertiary/aromatic N) is 1. The topological polar surface area (TPSA) is 65.1 Å². The average molecular weight is 607 g/mol. The maximum atomic E-state index is 13.2. The standard InChI is InChI=1S/C27H22BrClFNO5S/c1-2-34-23-14-18(13-22(28)25(23)36-16-17-3-7-20(30)8-4-17)15-24-26(32)31(27(33)37-24)11-12-35-21-9-5-19(29)6-10-21/h3-10,13-15H,2,11-12,16H2,1H3/b24-15-. The number of imide groups is 1. The highest BCUT2D eigenvalue weighted by atomic mass is 79.9. The van der Waals surface area contributed by atoms with Gasteiger partial charge in [0.25, 0.3) is 11.1 Å². The number of rotatable bonds is 10. The van der Waals surface area contributed by atoms with Gasteiger partial charge in [0, 0.05) is 5.02 Å². The summed E-state index contributed by atoms with van der Waals surface area (Å²) in [6, 6.07) is 16.4. The van der Waals surface area contributed by atoms with Gasteiger partial charge in [-0.1, -0.05) is 23.7 Å². The van der Waals surface area contributed by atoms with Crippen LogP contribution in [0.4, 0.5) is 9.18 Å². The molecule has 0 radical (unpaired) electrons. The second kappa shape index (κ2) is 12.5. The molecular formula is C27H22BrClFNO5S. The molecule has 0 aromatic heterocycles. The molecule has 10 heteroatoms. The molecule has 0 aliphatic carbocycles. The van der Waals surface area contributed by atoms with Crippen molar-refractivity contribution < 1.29 is 28.2 Å². The molecule has 0 spiro atoms. The van der Waals surface area contributed by atoms with E-state index in [2.05, 4.69) is 15.9 Å². The molecule has 3 aromatic rings. The average Bonchev–Trinajstić information content (AvgIpc) is 3.13. The summed E-state index contributed by atoms with van der Waals surface area (Å²) in [5.41, 5.74) is 1.46. The van der Waals surface area contributed by atoms with Gasteiger partial charge in [0.15, 0.2) is 11.5 Å². The lowest BCUT2D eigenvalue weighted by Gasteiger charge is -2.15. The molecule has 1 fully saturated rings. The van der Waals surface area contributed by atoms with Crippen molar-refractivity contribution in [3.05, 3.63) is 92.0 Å². The molecule has 0 N–H and O–H groups in total. The molecule has 6 nitrogen and oxygen atoms in total. The maximum absolute atomic E-state index is 13.2. The molecular weight excluding hydrogens is 585 g/mol. The van der Waals surface area contributed by atoms with Crippen molar-refractivity contribution in [2.45, 2.75) is 13.5 Å². The second-order valence-corrected chi connectivity index (χ2v) is 10.1. The number of thioether (sulfide) groups is 1. The first-order chi connectivity index (χ1) is 17.8. The van der Waals surface area contributed by atoms with E-state index in [4.69, 9.17) is 25.8 Å². The Hall–Kier alpha value is -3.01. The Morgan fingerprint density at radius 2 is 1.76 bits per heavy atom. The summed E-state index contributed by atoms with van der Waals surface area (Å²) in [5, 5.41) is 0.231. The first-order valence-corrected chi connectivity index (χ1v) is 13.3. The number of amides is 2. The summed E-state index contributed by atoms with van der Waals surface area (Å²) >= 11 is 10.3. The lowest BCUT2D eigenvalue weighted by Crippen LogP contribution is -2.32. The molecule has 1 heterocycles. The van der Waals surface area contributed by atoms with Gasteiger partial charge in [-0.05, 0) is 100 Å². The fourth-order valence-electron chi connectivity index (χ4n) is 3.44. The van der Waals surface area contributed by atoms with Crippen molar-refractivity contribution in [1.29, 1.82) is 0 Å². The Labute approximate surface area is 231 Å². The third-order valence-electron chi connectivity index (χ3n) is 5.20. The number of hydrogen-bond donors (Lipinski definition) is 0. The van der Waals surface area contributed by atoms with E-state index in [1.807, 2.05) is 6.92 Å². The normalized spacial score (nSPS) is 14.4.